The molecule has 0 saturated carbocycles. The number of hydrogen-bond acceptors (Lipinski definition) is 4. The van der Waals surface area contributed by atoms with E-state index >= 15 is 0 Å². The van der Waals surface area contributed by atoms with E-state index in [1.165, 1.54) is 0 Å². The van der Waals surface area contributed by atoms with Crippen LogP contribution in [0.25, 0.3) is 11.0 Å². The SMILES string of the molecule is O=C1N(C(c2ccccc2)c2ccccc2)c2ccccc2C12COc1cc3nccnc3cc12. The standard InChI is InChI=1S/C30H21N3O2/c34-29-30(19-35-27-18-25-24(17-23(27)30)31-15-16-32-25)22-13-7-8-14-26(22)33(29)28(20-9-3-1-4-10-20)21-11-5-2-6-12-21/h1-18,28H,19H2. The molecule has 7 rings (SSSR count). The second-order valence-corrected chi connectivity index (χ2v) is 9.00. The average Bonchev–Trinajstić information content (AvgIpc) is 3.41. The van der Waals surface area contributed by atoms with Crippen molar-refractivity contribution in [3.63, 3.8) is 0 Å². The number of carbonyl (C=O) groups is 1. The maximum atomic E-state index is 14.7. The molecule has 0 saturated heterocycles. The van der Waals surface area contributed by atoms with Crippen LogP contribution in [-0.4, -0.2) is 22.5 Å². The van der Waals surface area contributed by atoms with E-state index in [0.29, 0.717) is 5.75 Å². The molecular weight excluding hydrogens is 434 g/mol. The van der Waals surface area contributed by atoms with Crippen LogP contribution in [0.4, 0.5) is 5.69 Å². The molecule has 2 aliphatic rings. The molecule has 5 aromatic rings. The van der Waals surface area contributed by atoms with Crippen molar-refractivity contribution in [1.82, 2.24) is 9.97 Å². The first-order chi connectivity index (χ1) is 17.3. The highest BCUT2D eigenvalue weighted by atomic mass is 16.5. The fourth-order valence-electron chi connectivity index (χ4n) is 5.60. The van der Waals surface area contributed by atoms with Crippen molar-refractivity contribution in [1.29, 1.82) is 0 Å². The molecule has 5 heteroatoms. The summed E-state index contributed by atoms with van der Waals surface area (Å²) in [6.45, 7) is 0.251. The molecule has 1 spiro atoms. The van der Waals surface area contributed by atoms with Crippen LogP contribution in [-0.2, 0) is 10.2 Å². The number of anilines is 1. The summed E-state index contributed by atoms with van der Waals surface area (Å²) in [5.41, 5.74) is 5.41. The lowest BCUT2D eigenvalue weighted by Crippen LogP contribution is -2.44. The van der Waals surface area contributed by atoms with Gasteiger partial charge in [-0.3, -0.25) is 19.7 Å². The summed E-state index contributed by atoms with van der Waals surface area (Å²) in [5, 5.41) is 0. The number of amides is 1. The number of rotatable bonds is 3. The molecule has 5 nitrogen and oxygen atoms in total. The molecule has 1 atom stereocenters. The van der Waals surface area contributed by atoms with Crippen molar-refractivity contribution >= 4 is 22.6 Å². The zero-order valence-corrected chi connectivity index (χ0v) is 18.8. The van der Waals surface area contributed by atoms with Gasteiger partial charge in [0.1, 0.15) is 17.8 Å². The summed E-state index contributed by atoms with van der Waals surface area (Å²) in [6, 6.07) is 32.1. The van der Waals surface area contributed by atoms with Crippen LogP contribution in [0.5, 0.6) is 5.75 Å². The zero-order chi connectivity index (χ0) is 23.4. The lowest BCUT2D eigenvalue weighted by atomic mass is 9.77. The maximum Gasteiger partial charge on any atom is 0.246 e. The van der Waals surface area contributed by atoms with Crippen LogP contribution < -0.4 is 9.64 Å². The van der Waals surface area contributed by atoms with Crippen LogP contribution in [0.2, 0.25) is 0 Å². The minimum Gasteiger partial charge on any atom is -0.491 e. The van der Waals surface area contributed by atoms with Crippen molar-refractivity contribution in [3.05, 3.63) is 132 Å². The molecule has 1 unspecified atom stereocenters. The van der Waals surface area contributed by atoms with E-state index in [1.54, 1.807) is 12.4 Å². The lowest BCUT2D eigenvalue weighted by Gasteiger charge is -2.31. The second-order valence-electron chi connectivity index (χ2n) is 9.00. The number of hydrogen-bond donors (Lipinski definition) is 0. The van der Waals surface area contributed by atoms with Crippen molar-refractivity contribution in [2.24, 2.45) is 0 Å². The first kappa shape index (κ1) is 19.9. The summed E-state index contributed by atoms with van der Waals surface area (Å²) in [6.07, 6.45) is 3.34. The number of fused-ring (bicyclic) bond motifs is 5. The molecule has 3 heterocycles. The van der Waals surface area contributed by atoms with Crippen LogP contribution in [0, 0.1) is 0 Å². The van der Waals surface area contributed by atoms with E-state index in [-0.39, 0.29) is 18.6 Å². The minimum absolute atomic E-state index is 0.0124. The van der Waals surface area contributed by atoms with E-state index in [0.717, 1.165) is 39.0 Å². The number of carbonyl (C=O) groups excluding carboxylic acids is 1. The normalized spacial score (nSPS) is 18.2. The molecule has 0 N–H and O–H groups in total. The molecule has 0 fully saturated rings. The van der Waals surface area contributed by atoms with Crippen LogP contribution in [0.15, 0.2) is 109 Å². The van der Waals surface area contributed by atoms with Crippen molar-refractivity contribution in [2.45, 2.75) is 11.5 Å². The molecule has 0 radical (unpaired) electrons. The molecule has 4 aromatic carbocycles. The van der Waals surface area contributed by atoms with Gasteiger partial charge in [-0.05, 0) is 28.8 Å². The van der Waals surface area contributed by atoms with Gasteiger partial charge in [-0.25, -0.2) is 0 Å². The lowest BCUT2D eigenvalue weighted by molar-refractivity contribution is -0.122. The van der Waals surface area contributed by atoms with E-state index in [9.17, 15) is 4.79 Å². The van der Waals surface area contributed by atoms with Crippen LogP contribution in [0.1, 0.15) is 28.3 Å². The first-order valence-corrected chi connectivity index (χ1v) is 11.7. The topological polar surface area (TPSA) is 55.3 Å². The predicted molar refractivity (Wildman–Crippen MR) is 134 cm³/mol. The highest BCUT2D eigenvalue weighted by molar-refractivity contribution is 6.12. The van der Waals surface area contributed by atoms with Crippen LogP contribution in [0.3, 0.4) is 0 Å². The highest BCUT2D eigenvalue weighted by Crippen LogP contribution is 2.55. The fraction of sp³-hybridized carbons (Fsp3) is 0.100. The third-order valence-electron chi connectivity index (χ3n) is 7.17. The monoisotopic (exact) mass is 455 g/mol. The van der Waals surface area contributed by atoms with E-state index in [2.05, 4.69) is 40.3 Å². The van der Waals surface area contributed by atoms with Gasteiger partial charge in [0.15, 0.2) is 0 Å². The van der Waals surface area contributed by atoms with Gasteiger partial charge in [0.25, 0.3) is 0 Å². The van der Waals surface area contributed by atoms with Gasteiger partial charge in [0.05, 0.1) is 17.1 Å². The van der Waals surface area contributed by atoms with Crippen LogP contribution >= 0.6 is 0 Å². The Morgan fingerprint density at radius 2 is 1.34 bits per heavy atom. The Bertz CT molecular complexity index is 1550. The molecule has 168 valence electrons. The smallest absolute Gasteiger partial charge is 0.246 e. The molecule has 2 aliphatic heterocycles. The van der Waals surface area contributed by atoms with Gasteiger partial charge < -0.3 is 4.74 Å². The van der Waals surface area contributed by atoms with Crippen molar-refractivity contribution < 1.29 is 9.53 Å². The summed E-state index contributed by atoms with van der Waals surface area (Å²) >= 11 is 0. The summed E-state index contributed by atoms with van der Waals surface area (Å²) in [4.78, 5) is 25.6. The van der Waals surface area contributed by atoms with Gasteiger partial charge in [-0.15, -0.1) is 0 Å². The predicted octanol–water partition coefficient (Wildman–Crippen LogP) is 5.44. The number of para-hydroxylation sites is 1. The Morgan fingerprint density at radius 1 is 0.743 bits per heavy atom. The summed E-state index contributed by atoms with van der Waals surface area (Å²) in [5.74, 6) is 0.706. The Kier molecular flexibility index (Phi) is 4.27. The van der Waals surface area contributed by atoms with Gasteiger partial charge >= 0.3 is 0 Å². The zero-order valence-electron chi connectivity index (χ0n) is 18.8. The van der Waals surface area contributed by atoms with Gasteiger partial charge in [0.2, 0.25) is 5.91 Å². The average molecular weight is 456 g/mol. The van der Waals surface area contributed by atoms with Crippen molar-refractivity contribution in [3.8, 4) is 5.75 Å². The quantitative estimate of drug-likeness (QED) is 0.363. The largest absolute Gasteiger partial charge is 0.491 e. The number of ether oxygens (including phenoxy) is 1. The molecule has 0 aliphatic carbocycles. The fourth-order valence-corrected chi connectivity index (χ4v) is 5.60. The molecule has 35 heavy (non-hydrogen) atoms. The molecule has 0 bridgehead atoms. The summed E-state index contributed by atoms with van der Waals surface area (Å²) in [7, 11) is 0. The summed E-state index contributed by atoms with van der Waals surface area (Å²) < 4.78 is 6.20. The minimum atomic E-state index is -0.931. The van der Waals surface area contributed by atoms with Gasteiger partial charge in [-0.1, -0.05) is 78.9 Å². The van der Waals surface area contributed by atoms with Crippen molar-refractivity contribution in [2.75, 3.05) is 11.5 Å². The number of benzene rings is 4. The third-order valence-corrected chi connectivity index (χ3v) is 7.17. The second kappa shape index (κ2) is 7.50. The molecule has 1 amide bonds. The van der Waals surface area contributed by atoms with Gasteiger partial charge in [0, 0.05) is 29.7 Å². The molecule has 1 aromatic heterocycles. The van der Waals surface area contributed by atoms with Gasteiger partial charge in [-0.2, -0.15) is 0 Å². The first-order valence-electron chi connectivity index (χ1n) is 11.7. The Morgan fingerprint density at radius 3 is 2.03 bits per heavy atom. The van der Waals surface area contributed by atoms with E-state index in [1.807, 2.05) is 71.6 Å². The third kappa shape index (κ3) is 2.78. The highest BCUT2D eigenvalue weighted by Gasteiger charge is 2.58. The molecular formula is C30H21N3O2. The Hall–Kier alpha value is -4.51. The number of nitrogens with zero attached hydrogens (tertiary/aromatic N) is 3. The maximum absolute atomic E-state index is 14.7. The Labute approximate surface area is 202 Å². The van der Waals surface area contributed by atoms with E-state index in [4.69, 9.17) is 4.74 Å². The Balaban J connectivity index is 1.48. The number of aromatic nitrogens is 2. The van der Waals surface area contributed by atoms with E-state index < -0.39 is 5.41 Å².